The monoisotopic (exact) mass is 852 g/mol. The van der Waals surface area contributed by atoms with Crippen LogP contribution in [0.25, 0.3) is 22.3 Å². The van der Waals surface area contributed by atoms with E-state index < -0.39 is 11.9 Å². The van der Waals surface area contributed by atoms with Crippen molar-refractivity contribution in [2.75, 3.05) is 49.9 Å². The number of hydrogen-bond donors (Lipinski definition) is 4. The quantitative estimate of drug-likeness (QED) is 0.0974. The normalized spacial score (nSPS) is 15.1. The number of likely N-dealkylation sites (tertiary alicyclic amines) is 2. The molecule has 0 saturated carbocycles. The van der Waals surface area contributed by atoms with Gasteiger partial charge in [-0.05, 0) is 102 Å². The number of aromatic nitrogens is 6. The van der Waals surface area contributed by atoms with Crippen LogP contribution in [0.3, 0.4) is 0 Å². The fraction of sp³-hybridized carbons (Fsp3) is 0.455. The second kappa shape index (κ2) is 21.4. The first-order valence-corrected chi connectivity index (χ1v) is 21.0. The summed E-state index contributed by atoms with van der Waals surface area (Å²) in [6, 6.07) is 16.5. The van der Waals surface area contributed by atoms with E-state index in [1.165, 1.54) is 0 Å². The van der Waals surface area contributed by atoms with Crippen LogP contribution in [0, 0.1) is 13.8 Å². The maximum Gasteiger partial charge on any atom is 0.414 e. The number of fused-ring (bicyclic) bond motifs is 2. The van der Waals surface area contributed by atoms with E-state index in [1.54, 1.807) is 26.2 Å². The van der Waals surface area contributed by atoms with Crippen LogP contribution in [0.5, 0.6) is 0 Å². The summed E-state index contributed by atoms with van der Waals surface area (Å²) in [5, 5.41) is 22.0. The second-order valence-electron chi connectivity index (χ2n) is 15.8. The van der Waals surface area contributed by atoms with Crippen LogP contribution < -0.4 is 10.6 Å². The van der Waals surface area contributed by atoms with Crippen LogP contribution >= 0.6 is 0 Å². The number of carboxylic acid groups (broad SMARTS) is 2. The number of imidazole rings is 2. The fourth-order valence-electron chi connectivity index (χ4n) is 7.49. The third kappa shape index (κ3) is 12.8. The molecule has 2 aliphatic rings. The van der Waals surface area contributed by atoms with Gasteiger partial charge >= 0.3 is 11.9 Å². The Balaban J connectivity index is 0.000000183. The molecule has 2 aliphatic heterocycles. The van der Waals surface area contributed by atoms with Crippen LogP contribution in [0.15, 0.2) is 69.8 Å². The van der Waals surface area contributed by atoms with Gasteiger partial charge in [-0.25, -0.2) is 29.5 Å². The number of hydrogen-bond acceptors (Lipinski definition) is 14. The van der Waals surface area contributed by atoms with Gasteiger partial charge in [0, 0.05) is 76.6 Å². The van der Waals surface area contributed by atoms with Gasteiger partial charge in [0.1, 0.15) is 45.6 Å². The molecule has 8 heterocycles. The van der Waals surface area contributed by atoms with Crippen molar-refractivity contribution in [1.29, 1.82) is 0 Å². The van der Waals surface area contributed by atoms with E-state index >= 15 is 0 Å². The van der Waals surface area contributed by atoms with E-state index in [9.17, 15) is 9.59 Å². The summed E-state index contributed by atoms with van der Waals surface area (Å²) in [7, 11) is 0. The first kappa shape index (κ1) is 45.1. The minimum atomic E-state index is -1.82. The second-order valence-corrected chi connectivity index (χ2v) is 15.8. The van der Waals surface area contributed by atoms with Gasteiger partial charge in [0.15, 0.2) is 11.3 Å². The molecule has 2 fully saturated rings. The lowest BCUT2D eigenvalue weighted by Crippen LogP contribution is -2.40. The number of carbonyl (C=O) groups excluding carboxylic acids is 2. The van der Waals surface area contributed by atoms with Crippen LogP contribution in [-0.2, 0) is 32.3 Å². The highest BCUT2D eigenvalue weighted by Gasteiger charge is 2.24. The molecule has 18 heteroatoms. The van der Waals surface area contributed by atoms with Gasteiger partial charge < -0.3 is 39.5 Å². The highest BCUT2D eigenvalue weighted by atomic mass is 16.4. The number of rotatable bonds is 14. The van der Waals surface area contributed by atoms with Crippen molar-refractivity contribution in [3.63, 3.8) is 0 Å². The minimum absolute atomic E-state index is 0.259. The molecule has 0 spiro atoms. The van der Waals surface area contributed by atoms with Crippen LogP contribution in [0.2, 0.25) is 0 Å². The number of carboxylic acids is 2. The Hall–Kier alpha value is -6.40. The van der Waals surface area contributed by atoms with Gasteiger partial charge in [-0.1, -0.05) is 0 Å². The number of aliphatic carboxylic acids is 2. The van der Waals surface area contributed by atoms with Crippen molar-refractivity contribution >= 4 is 57.7 Å². The molecule has 330 valence electrons. The Bertz CT molecular complexity index is 2270. The van der Waals surface area contributed by atoms with Crippen molar-refractivity contribution in [2.24, 2.45) is 0 Å². The predicted octanol–water partition coefficient (Wildman–Crippen LogP) is 5.63. The van der Waals surface area contributed by atoms with Gasteiger partial charge in [0.25, 0.3) is 0 Å². The van der Waals surface area contributed by atoms with Gasteiger partial charge in [-0.15, -0.1) is 0 Å². The number of ketones is 2. The van der Waals surface area contributed by atoms with Crippen molar-refractivity contribution < 1.29 is 38.2 Å². The Morgan fingerprint density at radius 2 is 1.02 bits per heavy atom. The van der Waals surface area contributed by atoms with Crippen molar-refractivity contribution in [3.8, 4) is 0 Å². The Labute approximate surface area is 359 Å². The predicted molar refractivity (Wildman–Crippen MR) is 232 cm³/mol. The molecule has 0 bridgehead atoms. The van der Waals surface area contributed by atoms with E-state index in [4.69, 9.17) is 38.6 Å². The van der Waals surface area contributed by atoms with E-state index in [1.807, 2.05) is 62.4 Å². The Morgan fingerprint density at radius 3 is 1.34 bits per heavy atom. The minimum Gasteiger partial charge on any atom is -0.473 e. The zero-order chi connectivity index (χ0) is 44.2. The zero-order valence-corrected chi connectivity index (χ0v) is 35.7. The number of piperidine rings is 2. The smallest absolute Gasteiger partial charge is 0.414 e. The number of furan rings is 2. The van der Waals surface area contributed by atoms with Crippen LogP contribution in [0.1, 0.15) is 75.4 Å². The molecule has 8 rings (SSSR count). The molecule has 0 radical (unpaired) electrons. The number of nitrogens with one attached hydrogen (secondary N) is 2. The lowest BCUT2D eigenvalue weighted by Gasteiger charge is -2.32. The number of nitrogens with zero attached hydrogens (tertiary/aromatic N) is 8. The van der Waals surface area contributed by atoms with Gasteiger partial charge in [-0.2, -0.15) is 0 Å². The Kier molecular flexibility index (Phi) is 15.6. The highest BCUT2D eigenvalue weighted by molar-refractivity contribution is 6.27. The zero-order valence-electron chi connectivity index (χ0n) is 35.7. The lowest BCUT2D eigenvalue weighted by atomic mass is 10.0. The third-order valence-electron chi connectivity index (χ3n) is 10.8. The maximum atomic E-state index is 11.2. The first-order valence-electron chi connectivity index (χ1n) is 21.0. The summed E-state index contributed by atoms with van der Waals surface area (Å²) in [6.45, 7) is 14.1. The SMILES string of the molecule is CC(=O)CCN1CCC(Nc2nc3cccnc3n2Cc2ccc(C)o2)CC1.CC(=O)CCN1CCC(Nc2nc3cccnc3n2Cc2ccc(C)o2)CC1.O=C(O)C(=O)O. The summed E-state index contributed by atoms with van der Waals surface area (Å²) < 4.78 is 15.7. The molecule has 18 nitrogen and oxygen atoms in total. The molecule has 0 aromatic carbocycles. The lowest BCUT2D eigenvalue weighted by molar-refractivity contribution is -0.159. The van der Waals surface area contributed by atoms with Crippen LogP contribution in [0.4, 0.5) is 11.9 Å². The summed E-state index contributed by atoms with van der Waals surface area (Å²) in [6.07, 6.45) is 9.02. The van der Waals surface area contributed by atoms with Crippen molar-refractivity contribution in [3.05, 3.63) is 84.0 Å². The van der Waals surface area contributed by atoms with Crippen molar-refractivity contribution in [1.82, 2.24) is 38.9 Å². The standard InChI is InChI=1S/2C21H27N5O2.C2H2O4/c2*1-15(27)7-11-25-12-8-17(9-13-25)23-21-24-19-4-3-10-22-20(19)26(21)14-18-6-5-16(2)28-18;3-1(4)2(5)6/h2*3-6,10,17H,7-9,11-14H2,1-2H3,(H,23,24);(H,3,4)(H,5,6). The van der Waals surface area contributed by atoms with E-state index in [0.717, 1.165) is 122 Å². The largest absolute Gasteiger partial charge is 0.473 e. The number of aryl methyl sites for hydroxylation is 2. The highest BCUT2D eigenvalue weighted by Crippen LogP contribution is 2.25. The van der Waals surface area contributed by atoms with E-state index in [2.05, 4.69) is 39.5 Å². The number of Topliss-reactive ketones (excluding diaryl/α,β-unsaturated/α-hetero) is 2. The molecule has 0 amide bonds. The van der Waals surface area contributed by atoms with Crippen molar-refractivity contribution in [2.45, 2.75) is 91.4 Å². The average molecular weight is 853 g/mol. The molecule has 62 heavy (non-hydrogen) atoms. The summed E-state index contributed by atoms with van der Waals surface area (Å²) in [5.41, 5.74) is 3.48. The third-order valence-corrected chi connectivity index (χ3v) is 10.8. The number of anilines is 2. The molecule has 6 aromatic rings. The topological polar surface area (TPSA) is 227 Å². The average Bonchev–Trinajstić information content (AvgIpc) is 4.04. The molecule has 0 atom stereocenters. The van der Waals surface area contributed by atoms with E-state index in [0.29, 0.717) is 38.0 Å². The molecule has 0 unspecified atom stereocenters. The molecular formula is C44H56N10O8. The summed E-state index contributed by atoms with van der Waals surface area (Å²) in [4.78, 5) is 64.0. The molecule has 0 aliphatic carbocycles. The summed E-state index contributed by atoms with van der Waals surface area (Å²) >= 11 is 0. The van der Waals surface area contributed by atoms with Gasteiger partial charge in [-0.3, -0.25) is 18.7 Å². The molecular weight excluding hydrogens is 797 g/mol. The fourth-order valence-corrected chi connectivity index (χ4v) is 7.49. The molecule has 4 N–H and O–H groups in total. The van der Waals surface area contributed by atoms with E-state index in [-0.39, 0.29) is 11.6 Å². The molecule has 6 aromatic heterocycles. The Morgan fingerprint density at radius 1 is 0.629 bits per heavy atom. The van der Waals surface area contributed by atoms with Crippen LogP contribution in [-0.4, -0.2) is 124 Å². The molecule has 2 saturated heterocycles. The first-order chi connectivity index (χ1) is 29.8. The van der Waals surface area contributed by atoms with Gasteiger partial charge in [0.2, 0.25) is 11.9 Å². The van der Waals surface area contributed by atoms with Gasteiger partial charge in [0.05, 0.1) is 13.1 Å². The number of carbonyl (C=O) groups is 4. The number of pyridine rings is 2. The summed E-state index contributed by atoms with van der Waals surface area (Å²) in [5.74, 6) is 2.14. The maximum absolute atomic E-state index is 11.2.